The highest BCUT2D eigenvalue weighted by Gasteiger charge is 2.38. The predicted octanol–water partition coefficient (Wildman–Crippen LogP) is 17.3. The van der Waals surface area contributed by atoms with E-state index in [0.29, 0.717) is 26.1 Å². The molecule has 83 heavy (non-hydrogen) atoms. The zero-order valence-corrected chi connectivity index (χ0v) is 51.1. The van der Waals surface area contributed by atoms with E-state index in [4.69, 9.17) is 42.9 Å². The van der Waals surface area contributed by atoms with Crippen LogP contribution in [0.15, 0.2) is 146 Å². The Labute approximate surface area is 505 Å². The number of ether oxygens (including phenoxy) is 2. The number of hydrogen-bond donors (Lipinski definition) is 2. The maximum atomic E-state index is 13.5. The van der Waals surface area contributed by atoms with Crippen molar-refractivity contribution in [3.63, 3.8) is 0 Å². The van der Waals surface area contributed by atoms with Crippen molar-refractivity contribution in [1.82, 2.24) is 29.8 Å². The van der Waals surface area contributed by atoms with Gasteiger partial charge >= 0.3 is 12.2 Å². The minimum atomic E-state index is -0.591. The van der Waals surface area contributed by atoms with Crippen molar-refractivity contribution >= 4 is 64.0 Å². The molecule has 0 spiro atoms. The summed E-state index contributed by atoms with van der Waals surface area (Å²) in [5.41, 5.74) is 12.6. The second-order valence-electron chi connectivity index (χ2n) is 23.8. The summed E-state index contributed by atoms with van der Waals surface area (Å²) in [6, 6.07) is 45.2. The number of hydrogen-bond acceptors (Lipinski definition) is 10. The molecular weight excluding hydrogens is 1120 g/mol. The Morgan fingerprint density at radius 3 is 1.43 bits per heavy atom. The van der Waals surface area contributed by atoms with E-state index in [1.54, 1.807) is 32.3 Å². The van der Waals surface area contributed by atoms with Crippen LogP contribution in [0.2, 0.25) is 8.67 Å². The highest BCUT2D eigenvalue weighted by molar-refractivity contribution is 7.16. The molecule has 2 aliphatic heterocycles. The van der Waals surface area contributed by atoms with E-state index >= 15 is 0 Å². The Kier molecular flexibility index (Phi) is 18.2. The van der Waals surface area contributed by atoms with Crippen LogP contribution in [0, 0.1) is 10.8 Å². The number of nitrogens with zero attached hydrogens (tertiary/aromatic N) is 5. The molecule has 0 saturated carbocycles. The highest BCUT2D eigenvalue weighted by Crippen LogP contribution is 2.47. The van der Waals surface area contributed by atoms with Gasteiger partial charge in [-0.3, -0.25) is 19.7 Å². The molecule has 2 saturated heterocycles. The maximum absolute atomic E-state index is 13.5. The molecule has 0 bridgehead atoms. The molecule has 6 heterocycles. The molecule has 8 aromatic rings. The SMILES string of the molecule is C=C(O)C(C)(C)C.CC(C)(C)C(=O)n1nc(C2CCCN2C(=O)OCC2c3ccccc3-c3ccccc32)cc1CCc1ccc(Cl)s1.O=C(OCC1c2ccccc2-c2ccccc21)N1CCCC1c1cc(CCc2ccc(Cl)s2)[nH]n1. The summed E-state index contributed by atoms with van der Waals surface area (Å²) in [4.78, 5) is 46.1. The van der Waals surface area contributed by atoms with Gasteiger partial charge in [-0.05, 0) is 132 Å². The zero-order chi connectivity index (χ0) is 58.6. The van der Waals surface area contributed by atoms with Crippen LogP contribution in [0.25, 0.3) is 22.3 Å². The van der Waals surface area contributed by atoms with Crippen LogP contribution in [-0.4, -0.2) is 79.3 Å². The van der Waals surface area contributed by atoms with E-state index in [1.165, 1.54) is 49.4 Å². The topological polar surface area (TPSA) is 143 Å². The van der Waals surface area contributed by atoms with Gasteiger partial charge in [0.1, 0.15) is 13.2 Å². The predicted molar refractivity (Wildman–Crippen MR) is 333 cm³/mol. The van der Waals surface area contributed by atoms with Crippen LogP contribution in [0.1, 0.15) is 151 Å². The van der Waals surface area contributed by atoms with E-state index in [2.05, 4.69) is 102 Å². The molecule has 2 fully saturated rings. The average molecular weight is 1190 g/mol. The fraction of sp³-hybridized carbons (Fsp3) is 0.358. The third kappa shape index (κ3) is 13.5. The van der Waals surface area contributed by atoms with Gasteiger partial charge in [0.15, 0.2) is 0 Å². The molecule has 2 atom stereocenters. The van der Waals surface area contributed by atoms with Crippen molar-refractivity contribution in [2.75, 3.05) is 26.3 Å². The number of carbonyl (C=O) groups is 3. The third-order valence-corrected chi connectivity index (χ3v) is 18.6. The van der Waals surface area contributed by atoms with Gasteiger partial charge < -0.3 is 14.6 Å². The zero-order valence-electron chi connectivity index (χ0n) is 48.0. The Balaban J connectivity index is 0.000000168. The van der Waals surface area contributed by atoms with E-state index in [0.717, 1.165) is 81.3 Å². The van der Waals surface area contributed by atoms with E-state index in [-0.39, 0.29) is 59.8 Å². The molecule has 0 radical (unpaired) electrons. The summed E-state index contributed by atoms with van der Waals surface area (Å²) in [6.07, 6.45) is 6.10. The molecule has 12 rings (SSSR count). The number of allylic oxidation sites excluding steroid dienone is 1. The highest BCUT2D eigenvalue weighted by atomic mass is 35.5. The molecule has 4 aliphatic rings. The Hall–Kier alpha value is -6.97. The van der Waals surface area contributed by atoms with Crippen molar-refractivity contribution in [3.8, 4) is 22.3 Å². The van der Waals surface area contributed by atoms with E-state index in [1.807, 2.05) is 95.0 Å². The molecule has 2 amide bonds. The molecule has 12 nitrogen and oxygen atoms in total. The number of aryl methyl sites for hydroxylation is 4. The number of rotatable bonds is 12. The largest absolute Gasteiger partial charge is 0.512 e. The van der Waals surface area contributed by atoms with Gasteiger partial charge in [0, 0.05) is 56.9 Å². The van der Waals surface area contributed by atoms with Gasteiger partial charge in [0.05, 0.1) is 37.9 Å². The molecule has 4 aromatic heterocycles. The second-order valence-corrected chi connectivity index (χ2v) is 27.4. The lowest BCUT2D eigenvalue weighted by molar-refractivity contribution is 0.0742. The number of aromatic amines is 1. The van der Waals surface area contributed by atoms with E-state index < -0.39 is 5.41 Å². The number of nitrogens with one attached hydrogen (secondary N) is 1. The number of amides is 2. The van der Waals surface area contributed by atoms with Crippen LogP contribution in [-0.2, 0) is 35.2 Å². The van der Waals surface area contributed by atoms with Crippen molar-refractivity contribution in [3.05, 3.63) is 209 Å². The maximum Gasteiger partial charge on any atom is 0.410 e. The number of aromatic nitrogens is 4. The first-order valence-electron chi connectivity index (χ1n) is 28.6. The van der Waals surface area contributed by atoms with Gasteiger partial charge in [-0.15, -0.1) is 22.7 Å². The van der Waals surface area contributed by atoms with Gasteiger partial charge in [0.2, 0.25) is 0 Å². The molecule has 2 unspecified atom stereocenters. The number of aliphatic hydroxyl groups excluding tert-OH is 1. The fourth-order valence-electron chi connectivity index (χ4n) is 11.4. The molecule has 432 valence electrons. The third-order valence-electron chi connectivity index (χ3n) is 16.0. The van der Waals surface area contributed by atoms with Crippen molar-refractivity contribution in [1.29, 1.82) is 0 Å². The van der Waals surface area contributed by atoms with Gasteiger partial charge in [0.25, 0.3) is 5.91 Å². The van der Waals surface area contributed by atoms with Crippen molar-refractivity contribution in [2.24, 2.45) is 10.8 Å². The number of H-pyrrole nitrogens is 1. The van der Waals surface area contributed by atoms with Crippen LogP contribution < -0.4 is 0 Å². The first-order chi connectivity index (χ1) is 39.8. The summed E-state index contributed by atoms with van der Waals surface area (Å²) in [6.45, 7) is 16.7. The smallest absolute Gasteiger partial charge is 0.410 e. The minimum absolute atomic E-state index is 0.00776. The van der Waals surface area contributed by atoms with Crippen LogP contribution in [0.4, 0.5) is 9.59 Å². The lowest BCUT2D eigenvalue weighted by Gasteiger charge is -2.24. The lowest BCUT2D eigenvalue weighted by atomic mass is 9.95. The van der Waals surface area contributed by atoms with Gasteiger partial charge in [-0.25, -0.2) is 14.3 Å². The lowest BCUT2D eigenvalue weighted by Crippen LogP contribution is -2.33. The van der Waals surface area contributed by atoms with Crippen molar-refractivity contribution < 1.29 is 29.0 Å². The first-order valence-corrected chi connectivity index (χ1v) is 31.0. The van der Waals surface area contributed by atoms with Crippen LogP contribution in [0.5, 0.6) is 0 Å². The summed E-state index contributed by atoms with van der Waals surface area (Å²) in [7, 11) is 0. The number of benzene rings is 4. The Bertz CT molecular complexity index is 3530. The fourth-order valence-corrected chi connectivity index (χ4v) is 13.5. The van der Waals surface area contributed by atoms with Gasteiger partial charge in [-0.1, -0.05) is 168 Å². The van der Waals surface area contributed by atoms with E-state index in [9.17, 15) is 14.4 Å². The average Bonchev–Trinajstić information content (AvgIpc) is 4.52. The summed E-state index contributed by atoms with van der Waals surface area (Å²) >= 11 is 15.3. The summed E-state index contributed by atoms with van der Waals surface area (Å²) < 4.78 is 15.0. The second kappa shape index (κ2) is 25.5. The quantitative estimate of drug-likeness (QED) is 0.115. The van der Waals surface area contributed by atoms with Gasteiger partial charge in [-0.2, -0.15) is 10.2 Å². The Morgan fingerprint density at radius 1 is 0.602 bits per heavy atom. The normalized spacial score (nSPS) is 16.3. The molecule has 2 aliphatic carbocycles. The number of aliphatic hydroxyl groups is 1. The first kappa shape index (κ1) is 59.2. The molecule has 16 heteroatoms. The van der Waals surface area contributed by atoms with Crippen molar-refractivity contribution in [2.45, 2.75) is 117 Å². The Morgan fingerprint density at radius 2 is 1.02 bits per heavy atom. The molecule has 4 aromatic carbocycles. The number of thiophene rings is 2. The molecule has 2 N–H and O–H groups in total. The molecular formula is C67H72Cl2N6O6S2. The van der Waals surface area contributed by atoms with Crippen LogP contribution in [0.3, 0.4) is 0 Å². The monoisotopic (exact) mass is 1190 g/mol. The standard InChI is InChI=1S/C33H34ClN3O3S.C28H26ClN3O2S.C6H12O/c1-33(2,3)31(38)37-21(14-15-22-16-17-30(34)41-22)19-28(35-37)29-13-8-18-36(29)32(39)40-20-27-25-11-6-4-9-23(25)24-10-5-7-12-26(24)27;29-27-14-13-19(35-27)12-11-18-16-25(31-30-18)26-10-5-15-32(26)28(33)34-17-24-22-8-3-1-6-20(22)21-7-2-4-9-23(21)24;1-5(7)6(2,3)4/h4-7,9-12,16-17,19,27,29H,8,13-15,18,20H2,1-3H3;1-4,6-9,13-14,16,24,26H,5,10-12,15,17H2,(H,30,31);7H,1H2,2-4H3. The number of carbonyl (C=O) groups excluding carboxylic acids is 3. The summed E-state index contributed by atoms with van der Waals surface area (Å²) in [5.74, 6) is 0.254. The number of likely N-dealkylation sites (tertiary alicyclic amines) is 2. The number of fused-ring (bicyclic) bond motifs is 6. The number of halogens is 2. The minimum Gasteiger partial charge on any atom is -0.512 e. The summed E-state index contributed by atoms with van der Waals surface area (Å²) in [5, 5.41) is 21.2. The van der Waals surface area contributed by atoms with Crippen LogP contribution >= 0.6 is 45.9 Å².